The minimum Gasteiger partial charge on any atom is -0.0776 e. The average molecular weight is 892 g/mol. The van der Waals surface area contributed by atoms with Crippen LogP contribution in [0, 0.1) is 49.9 Å². The lowest BCUT2D eigenvalue weighted by atomic mass is 9.91. The van der Waals surface area contributed by atoms with Gasteiger partial charge in [-0.25, -0.2) is 0 Å². The highest BCUT2D eigenvalue weighted by molar-refractivity contribution is 5.23. The summed E-state index contributed by atoms with van der Waals surface area (Å²) < 4.78 is 0. The highest BCUT2D eigenvalue weighted by atomic mass is 14.1. The Kier molecular flexibility index (Phi) is 105. The molecular weight excluding hydrogens is 757 g/mol. The van der Waals surface area contributed by atoms with E-state index in [0.717, 1.165) is 23.7 Å². The van der Waals surface area contributed by atoms with Crippen molar-refractivity contribution in [2.45, 2.75) is 310 Å². The highest BCUT2D eigenvalue weighted by Crippen LogP contribution is 2.22. The Morgan fingerprint density at radius 1 is 0.460 bits per heavy atom. The number of hydrogen-bond acceptors (Lipinski definition) is 0. The molecule has 1 fully saturated rings. The predicted octanol–water partition coefficient (Wildman–Crippen LogP) is 24.8. The maximum atomic E-state index is 2.36. The van der Waals surface area contributed by atoms with Crippen LogP contribution in [0.2, 0.25) is 0 Å². The molecule has 0 N–H and O–H groups in total. The summed E-state index contributed by atoms with van der Waals surface area (Å²) in [6.07, 6.45) is 25.0. The first-order chi connectivity index (χ1) is 29.0. The summed E-state index contributed by atoms with van der Waals surface area (Å²) in [4.78, 5) is 0. The van der Waals surface area contributed by atoms with Crippen molar-refractivity contribution in [3.8, 4) is 0 Å². The van der Waals surface area contributed by atoms with Crippen molar-refractivity contribution in [1.82, 2.24) is 0 Å². The van der Waals surface area contributed by atoms with Gasteiger partial charge >= 0.3 is 0 Å². The number of hydrogen-bond donors (Lipinski definition) is 0. The number of rotatable bonds is 9. The Morgan fingerprint density at radius 2 is 0.714 bits per heavy atom. The van der Waals surface area contributed by atoms with Crippen LogP contribution in [-0.4, -0.2) is 0 Å². The van der Waals surface area contributed by atoms with Gasteiger partial charge in [0.25, 0.3) is 0 Å². The van der Waals surface area contributed by atoms with Crippen molar-refractivity contribution in [2.24, 2.45) is 29.1 Å². The molecule has 0 bridgehead atoms. The molecular formula is C63H134. The molecule has 0 aliphatic heterocycles. The summed E-state index contributed by atoms with van der Waals surface area (Å²) in [6, 6.07) is 18.6. The molecule has 3 rings (SSSR count). The fourth-order valence-electron chi connectivity index (χ4n) is 3.53. The molecule has 0 aromatic heterocycles. The fourth-order valence-corrected chi connectivity index (χ4v) is 3.53. The average Bonchev–Trinajstić information content (AvgIpc) is 3.22. The van der Waals surface area contributed by atoms with Crippen LogP contribution < -0.4 is 0 Å². The van der Waals surface area contributed by atoms with Gasteiger partial charge in [0.15, 0.2) is 0 Å². The van der Waals surface area contributed by atoms with E-state index < -0.39 is 0 Å². The normalized spacial score (nSPS) is 10.6. The highest BCUT2D eigenvalue weighted by Gasteiger charge is 2.06. The molecule has 0 atom stereocenters. The largest absolute Gasteiger partial charge is 0.0776 e. The van der Waals surface area contributed by atoms with E-state index in [1.54, 1.807) is 0 Å². The maximum Gasteiger partial charge on any atom is -0.0395 e. The molecule has 0 heteroatoms. The fraction of sp³-hybridized carbons (Fsp3) is 0.810. The van der Waals surface area contributed by atoms with Crippen molar-refractivity contribution in [1.29, 1.82) is 0 Å². The Hall–Kier alpha value is -1.56. The molecule has 2 aromatic rings. The SMILES string of the molecule is C.CC.CC(C)(C)C.CC(C)C.CC1CCCCC1.CCC.CCC(C)C.CCC(C)C.CCCC.CCCCC.CCCCCCC.Cc1ccccc1.Cc1ccccc1C. The second kappa shape index (κ2) is 77.7. The minimum atomic E-state index is 0. The smallest absolute Gasteiger partial charge is 0.0395 e. The molecule has 1 saturated carbocycles. The van der Waals surface area contributed by atoms with E-state index in [2.05, 4.69) is 209 Å². The molecule has 386 valence electrons. The van der Waals surface area contributed by atoms with Crippen LogP contribution in [0.3, 0.4) is 0 Å². The summed E-state index contributed by atoms with van der Waals surface area (Å²) in [5.41, 5.74) is 4.56. The Labute approximate surface area is 408 Å². The summed E-state index contributed by atoms with van der Waals surface area (Å²) >= 11 is 0. The number of benzene rings is 2. The van der Waals surface area contributed by atoms with Crippen molar-refractivity contribution in [3.63, 3.8) is 0 Å². The van der Waals surface area contributed by atoms with Crippen LogP contribution in [0.15, 0.2) is 54.6 Å². The number of unbranched alkanes of at least 4 members (excludes halogenated alkanes) is 7. The first-order valence-corrected chi connectivity index (χ1v) is 27.1. The first kappa shape index (κ1) is 84.8. The standard InChI is InChI=1S/C8H10.C7H14.C7H8.C7H16.4C5H12.2C4H10.C3H8.C2H6.CH4/c1-7-5-3-4-6-8(7)2;2*1-7-5-3-2-4-6-7;1-3-5-7-6-4-2;1-5(2,3)4;2*1-4-5(2)3;1-3-5-4-2;1-4(2)3;1-3-4-2;1-3-2;1-2;/h3-6H,1-2H3;7H,2-6H2,1H3;2-6H,1H3;3-7H2,1-2H3;1-4H3;2*5H,4H2,1-3H3;3-5H2,1-2H3;4H,1-3H3;3-4H2,1-2H3;3H2,1-2H3;1-2H3;1H4. The zero-order chi connectivity index (χ0) is 50.6. The molecule has 0 saturated heterocycles. The van der Waals surface area contributed by atoms with Gasteiger partial charge in [0.05, 0.1) is 0 Å². The Morgan fingerprint density at radius 3 is 0.841 bits per heavy atom. The summed E-state index contributed by atoms with van der Waals surface area (Å²) in [6.45, 7) is 58.7. The second-order valence-corrected chi connectivity index (χ2v) is 19.9. The molecule has 63 heavy (non-hydrogen) atoms. The molecule has 2 aromatic carbocycles. The summed E-state index contributed by atoms with van der Waals surface area (Å²) in [5.74, 6) is 3.64. The van der Waals surface area contributed by atoms with Crippen molar-refractivity contribution in [3.05, 3.63) is 71.3 Å². The third-order valence-electron chi connectivity index (χ3n) is 8.31. The molecule has 0 nitrogen and oxygen atoms in total. The zero-order valence-electron chi connectivity index (χ0n) is 49.2. The van der Waals surface area contributed by atoms with Crippen LogP contribution in [0.1, 0.15) is 306 Å². The molecule has 0 heterocycles. The molecule has 1 aliphatic carbocycles. The summed E-state index contributed by atoms with van der Waals surface area (Å²) in [7, 11) is 0. The number of aryl methyl sites for hydroxylation is 3. The molecule has 0 amide bonds. The predicted molar refractivity (Wildman–Crippen MR) is 310 cm³/mol. The third-order valence-corrected chi connectivity index (χ3v) is 8.31. The minimum absolute atomic E-state index is 0. The zero-order valence-corrected chi connectivity index (χ0v) is 49.2. The lowest BCUT2D eigenvalue weighted by molar-refractivity contribution is 0.385. The van der Waals surface area contributed by atoms with Gasteiger partial charge in [0.1, 0.15) is 0 Å². The van der Waals surface area contributed by atoms with Crippen molar-refractivity contribution >= 4 is 0 Å². The van der Waals surface area contributed by atoms with E-state index in [1.165, 1.54) is 132 Å². The van der Waals surface area contributed by atoms with Gasteiger partial charge in [-0.1, -0.05) is 349 Å². The van der Waals surface area contributed by atoms with Crippen LogP contribution in [0.4, 0.5) is 0 Å². The second-order valence-electron chi connectivity index (χ2n) is 19.9. The van der Waals surface area contributed by atoms with E-state index in [1.807, 2.05) is 32.0 Å². The lowest BCUT2D eigenvalue weighted by Gasteiger charge is -2.15. The third kappa shape index (κ3) is 155. The molecule has 1 aliphatic rings. The molecule has 0 radical (unpaired) electrons. The summed E-state index contributed by atoms with van der Waals surface area (Å²) in [5, 5.41) is 0. The van der Waals surface area contributed by atoms with Crippen molar-refractivity contribution in [2.75, 3.05) is 0 Å². The van der Waals surface area contributed by atoms with E-state index in [-0.39, 0.29) is 7.43 Å². The van der Waals surface area contributed by atoms with Gasteiger partial charge in [-0.15, -0.1) is 0 Å². The maximum absolute atomic E-state index is 2.36. The van der Waals surface area contributed by atoms with Gasteiger partial charge in [-0.05, 0) is 61.0 Å². The van der Waals surface area contributed by atoms with Crippen LogP contribution in [0.25, 0.3) is 0 Å². The van der Waals surface area contributed by atoms with Gasteiger partial charge in [-0.2, -0.15) is 0 Å². The van der Waals surface area contributed by atoms with Crippen LogP contribution in [-0.2, 0) is 0 Å². The quantitative estimate of drug-likeness (QED) is 0.220. The Bertz CT molecular complexity index is 845. The van der Waals surface area contributed by atoms with E-state index in [4.69, 9.17) is 0 Å². The van der Waals surface area contributed by atoms with Crippen LogP contribution in [0.5, 0.6) is 0 Å². The molecule has 0 unspecified atom stereocenters. The van der Waals surface area contributed by atoms with E-state index in [0.29, 0.717) is 5.41 Å². The van der Waals surface area contributed by atoms with Gasteiger partial charge in [-0.3, -0.25) is 0 Å². The van der Waals surface area contributed by atoms with E-state index >= 15 is 0 Å². The van der Waals surface area contributed by atoms with E-state index in [9.17, 15) is 0 Å². The topological polar surface area (TPSA) is 0 Å². The van der Waals surface area contributed by atoms with Gasteiger partial charge in [0.2, 0.25) is 0 Å². The van der Waals surface area contributed by atoms with Crippen molar-refractivity contribution < 1.29 is 0 Å². The van der Waals surface area contributed by atoms with Gasteiger partial charge < -0.3 is 0 Å². The van der Waals surface area contributed by atoms with Gasteiger partial charge in [0, 0.05) is 0 Å². The Balaban J connectivity index is -0.0000000616. The van der Waals surface area contributed by atoms with Crippen LogP contribution >= 0.6 is 0 Å². The first-order valence-electron chi connectivity index (χ1n) is 27.1. The lowest BCUT2D eigenvalue weighted by Crippen LogP contribution is -1.99. The monoisotopic (exact) mass is 891 g/mol. The molecule has 0 spiro atoms.